The molecule has 0 heterocycles. The number of aromatic hydroxyl groups is 1. The lowest BCUT2D eigenvalue weighted by Gasteiger charge is -2.31. The van der Waals surface area contributed by atoms with Gasteiger partial charge in [0.05, 0.1) is 20.6 Å². The molecule has 0 saturated heterocycles. The van der Waals surface area contributed by atoms with Gasteiger partial charge in [-0.1, -0.05) is 12.1 Å². The van der Waals surface area contributed by atoms with Crippen molar-refractivity contribution in [2.24, 2.45) is 22.7 Å². The van der Waals surface area contributed by atoms with E-state index in [0.717, 1.165) is 24.3 Å². The molecule has 7 N–H and O–H groups in total. The van der Waals surface area contributed by atoms with Crippen LogP contribution in [0.15, 0.2) is 68.0 Å². The van der Waals surface area contributed by atoms with Crippen LogP contribution in [0.3, 0.4) is 0 Å². The number of ketones is 1. The molecule has 0 spiro atoms. The van der Waals surface area contributed by atoms with Crippen LogP contribution in [0.25, 0.3) is 10.8 Å². The van der Waals surface area contributed by atoms with Crippen LogP contribution in [0.4, 0.5) is 5.69 Å². The molecule has 2 aromatic rings. The molecule has 202 valence electrons. The zero-order valence-corrected chi connectivity index (χ0v) is 21.5. The van der Waals surface area contributed by atoms with Crippen molar-refractivity contribution in [3.63, 3.8) is 0 Å². The van der Waals surface area contributed by atoms with Crippen molar-refractivity contribution >= 4 is 58.3 Å². The summed E-state index contributed by atoms with van der Waals surface area (Å²) < 4.78 is 100. The van der Waals surface area contributed by atoms with Crippen molar-refractivity contribution in [2.45, 2.75) is 11.8 Å². The molecule has 0 aliphatic heterocycles. The predicted octanol–water partition coefficient (Wildman–Crippen LogP) is 1.08. The van der Waals surface area contributed by atoms with Crippen molar-refractivity contribution in [1.82, 2.24) is 0 Å². The minimum atomic E-state index is -5.06. The van der Waals surface area contributed by atoms with E-state index >= 15 is 0 Å². The molecule has 0 bridgehead atoms. The zero-order valence-electron chi connectivity index (χ0n) is 19.1. The highest BCUT2D eigenvalue weighted by molar-refractivity contribution is 7.90. The van der Waals surface area contributed by atoms with Crippen molar-refractivity contribution in [3.05, 3.63) is 63.6 Å². The Balaban J connectivity index is 1.92. The lowest BCUT2D eigenvalue weighted by molar-refractivity contribution is -0.116. The molecule has 4 rings (SSSR count). The number of fused-ring (bicyclic) bond motifs is 2. The van der Waals surface area contributed by atoms with Crippen LogP contribution in [-0.2, 0) is 35.1 Å². The molecule has 0 fully saturated rings. The largest absolute Gasteiger partial charge is 0.506 e. The molecule has 38 heavy (non-hydrogen) atoms. The van der Waals surface area contributed by atoms with Crippen LogP contribution < -0.4 is 11.2 Å². The highest BCUT2D eigenvalue weighted by Crippen LogP contribution is 2.41. The van der Waals surface area contributed by atoms with Gasteiger partial charge in [-0.2, -0.15) is 30.4 Å². The molecule has 0 aromatic heterocycles. The summed E-state index contributed by atoms with van der Waals surface area (Å²) in [6.07, 6.45) is 2.46. The number of nitrogens with one attached hydrogen (secondary N) is 1. The summed E-state index contributed by atoms with van der Waals surface area (Å²) >= 11 is 0. The maximum atomic E-state index is 13.3. The molecular formula is C21H19N3O11S3. The average molecular weight is 586 g/mol. The maximum absolute atomic E-state index is 13.3. The van der Waals surface area contributed by atoms with Crippen LogP contribution in [0.1, 0.15) is 5.56 Å². The van der Waals surface area contributed by atoms with Crippen molar-refractivity contribution in [2.75, 3.05) is 5.43 Å². The molecule has 14 nitrogen and oxygen atoms in total. The summed E-state index contributed by atoms with van der Waals surface area (Å²) in [5.74, 6) is -4.99. The van der Waals surface area contributed by atoms with E-state index < -0.39 is 74.1 Å². The SMILES string of the molecule is Cc1cc(O)c(NN=C2C=C(S(=O)(=O)O)C3C=C(N)C=C(S(=O)(=O)O)C3C2=O)c2cc(S(=O)(=O)O)ccc12. The first-order valence-electron chi connectivity index (χ1n) is 10.4. The number of Topliss-reactive ketones (excluding diaryl/α,β-unsaturated/α-hetero) is 1. The van der Waals surface area contributed by atoms with Gasteiger partial charge in [0, 0.05) is 17.0 Å². The van der Waals surface area contributed by atoms with Crippen LogP contribution in [-0.4, -0.2) is 55.5 Å². The first-order chi connectivity index (χ1) is 17.4. The number of allylic oxidation sites excluding steroid dienone is 5. The first kappa shape index (κ1) is 27.4. The number of aryl methyl sites for hydroxylation is 1. The molecule has 0 saturated carbocycles. The highest BCUT2D eigenvalue weighted by atomic mass is 32.2. The van der Waals surface area contributed by atoms with Gasteiger partial charge in [-0.3, -0.25) is 23.9 Å². The van der Waals surface area contributed by atoms with Gasteiger partial charge in [0.1, 0.15) is 17.1 Å². The molecule has 2 aromatic carbocycles. The van der Waals surface area contributed by atoms with E-state index in [1.807, 2.05) is 0 Å². The quantitative estimate of drug-likeness (QED) is 0.163. The van der Waals surface area contributed by atoms with Gasteiger partial charge in [-0.05, 0) is 48.2 Å². The van der Waals surface area contributed by atoms with Gasteiger partial charge >= 0.3 is 0 Å². The molecule has 2 unspecified atom stereocenters. The van der Waals surface area contributed by atoms with Gasteiger partial charge in [-0.15, -0.1) is 0 Å². The Morgan fingerprint density at radius 3 is 2.11 bits per heavy atom. The van der Waals surface area contributed by atoms with E-state index in [0.29, 0.717) is 17.0 Å². The molecular weight excluding hydrogens is 566 g/mol. The fourth-order valence-corrected chi connectivity index (χ4v) is 6.49. The van der Waals surface area contributed by atoms with E-state index in [-0.39, 0.29) is 16.8 Å². The predicted molar refractivity (Wildman–Crippen MR) is 135 cm³/mol. The standard InChI is InChI=1S/C21H19N3O11S3/c1-9-4-16(25)20(13-7-11(36(27,28)29)2-3-12(9)13)24-23-15-8-17(37(30,31)32)14-5-10(22)6-18(38(33,34)35)19(14)21(15)26/h2-8,14,19,24-25H,22H2,1H3,(H,27,28,29)(H,30,31,32)(H,33,34,35). The van der Waals surface area contributed by atoms with Crippen molar-refractivity contribution in [1.29, 1.82) is 0 Å². The van der Waals surface area contributed by atoms with E-state index in [1.165, 1.54) is 12.1 Å². The Morgan fingerprint density at radius 1 is 0.895 bits per heavy atom. The second-order valence-electron chi connectivity index (χ2n) is 8.46. The number of phenols is 1. The normalized spacial score (nSPS) is 21.5. The Hall–Kier alpha value is -3.61. The number of carbonyl (C=O) groups is 1. The monoisotopic (exact) mass is 585 g/mol. The smallest absolute Gasteiger partial charge is 0.294 e. The van der Waals surface area contributed by atoms with Gasteiger partial charge in [0.15, 0.2) is 5.78 Å². The second-order valence-corrected chi connectivity index (χ2v) is 12.7. The minimum absolute atomic E-state index is 0.0361. The Labute approximate surface area is 216 Å². The third kappa shape index (κ3) is 4.94. The summed E-state index contributed by atoms with van der Waals surface area (Å²) in [5, 5.41) is 14.7. The average Bonchev–Trinajstić information content (AvgIpc) is 2.77. The van der Waals surface area contributed by atoms with Crippen LogP contribution in [0.2, 0.25) is 0 Å². The van der Waals surface area contributed by atoms with Crippen LogP contribution in [0.5, 0.6) is 5.75 Å². The van der Waals surface area contributed by atoms with Gasteiger partial charge in [0.2, 0.25) is 0 Å². The zero-order chi connectivity index (χ0) is 28.4. The van der Waals surface area contributed by atoms with E-state index in [4.69, 9.17) is 5.73 Å². The highest BCUT2D eigenvalue weighted by Gasteiger charge is 2.47. The van der Waals surface area contributed by atoms with Crippen molar-refractivity contribution in [3.8, 4) is 5.75 Å². The van der Waals surface area contributed by atoms with Gasteiger partial charge < -0.3 is 10.8 Å². The lowest BCUT2D eigenvalue weighted by Crippen LogP contribution is -2.41. The Kier molecular flexibility index (Phi) is 6.49. The Bertz CT molecular complexity index is 1870. The first-order valence-corrected chi connectivity index (χ1v) is 14.7. The van der Waals surface area contributed by atoms with Crippen LogP contribution >= 0.6 is 0 Å². The molecule has 2 aliphatic rings. The number of nitrogens with zero attached hydrogens (tertiary/aromatic N) is 1. The Morgan fingerprint density at radius 2 is 1.53 bits per heavy atom. The third-order valence-corrected chi connectivity index (χ3v) is 8.77. The second kappa shape index (κ2) is 9.00. The fraction of sp³-hybridized carbons (Fsp3) is 0.143. The lowest BCUT2D eigenvalue weighted by atomic mass is 9.78. The molecule has 0 amide bonds. The number of hydrogen-bond donors (Lipinski definition) is 6. The van der Waals surface area contributed by atoms with E-state index in [1.54, 1.807) is 6.92 Å². The molecule has 17 heteroatoms. The number of nitrogens with two attached hydrogens (primary N) is 1. The third-order valence-electron chi connectivity index (χ3n) is 5.97. The van der Waals surface area contributed by atoms with Gasteiger partial charge in [0.25, 0.3) is 30.4 Å². The van der Waals surface area contributed by atoms with Gasteiger partial charge in [-0.25, -0.2) is 0 Å². The number of rotatable bonds is 5. The molecule has 2 atom stereocenters. The number of benzene rings is 2. The number of hydrazone groups is 1. The van der Waals surface area contributed by atoms with Crippen LogP contribution in [0, 0.1) is 18.8 Å². The van der Waals surface area contributed by atoms with Crippen molar-refractivity contribution < 1.29 is 48.8 Å². The molecule has 2 aliphatic carbocycles. The summed E-state index contributed by atoms with van der Waals surface area (Å²) in [7, 11) is -14.8. The van der Waals surface area contributed by atoms with E-state index in [9.17, 15) is 48.8 Å². The maximum Gasteiger partial charge on any atom is 0.294 e. The number of carbonyl (C=O) groups excluding carboxylic acids is 1. The summed E-state index contributed by atoms with van der Waals surface area (Å²) in [4.78, 5) is 11.0. The topological polar surface area (TPSA) is 251 Å². The summed E-state index contributed by atoms with van der Waals surface area (Å²) in [6.45, 7) is 1.60. The summed E-state index contributed by atoms with van der Waals surface area (Å²) in [6, 6.07) is 4.77. The minimum Gasteiger partial charge on any atom is -0.506 e. The number of anilines is 1. The van der Waals surface area contributed by atoms with E-state index in [2.05, 4.69) is 10.5 Å². The summed E-state index contributed by atoms with van der Waals surface area (Å²) in [5.41, 5.74) is 7.22. The number of phenolic OH excluding ortho intramolecular Hbond substituents is 1. The number of hydrogen-bond acceptors (Lipinski definition) is 11. The molecule has 0 radical (unpaired) electrons. The fourth-order valence-electron chi connectivity index (χ4n) is 4.31.